The number of amides is 1. The van der Waals surface area contributed by atoms with Crippen molar-refractivity contribution in [2.75, 3.05) is 0 Å². The monoisotopic (exact) mass is 413 g/mol. The van der Waals surface area contributed by atoms with E-state index in [4.69, 9.17) is 16.3 Å². The highest BCUT2D eigenvalue weighted by molar-refractivity contribution is 6.31. The standard InChI is InChI=1S/C18H12ClF4N3O2/c19-14-4-2-1-3-11(14)9-24-17(27)28-15-10-25-26(16(15)18(21,22)23)13-7-5-12(20)6-8-13/h1-8,10H,9H2,(H,24,27). The summed E-state index contributed by atoms with van der Waals surface area (Å²) in [6.45, 7) is -0.0358. The van der Waals surface area contributed by atoms with E-state index in [0.29, 0.717) is 15.3 Å². The quantitative estimate of drug-likeness (QED) is 0.614. The second-order valence-electron chi connectivity index (χ2n) is 5.58. The van der Waals surface area contributed by atoms with Gasteiger partial charge in [-0.2, -0.15) is 18.3 Å². The minimum absolute atomic E-state index is 0.0358. The Morgan fingerprint density at radius 1 is 1.14 bits per heavy atom. The maximum atomic E-state index is 13.5. The zero-order valence-electron chi connectivity index (χ0n) is 14.0. The minimum atomic E-state index is -4.87. The molecular weight excluding hydrogens is 402 g/mol. The first-order valence-electron chi connectivity index (χ1n) is 7.86. The van der Waals surface area contributed by atoms with Gasteiger partial charge in [0, 0.05) is 11.6 Å². The molecule has 2 aromatic carbocycles. The lowest BCUT2D eigenvalue weighted by Gasteiger charge is -2.13. The Kier molecular flexibility index (Phi) is 5.55. The van der Waals surface area contributed by atoms with Gasteiger partial charge in [-0.15, -0.1) is 0 Å². The van der Waals surface area contributed by atoms with Crippen LogP contribution in [0.1, 0.15) is 11.3 Å². The number of halogens is 5. The second kappa shape index (κ2) is 7.89. The molecule has 0 spiro atoms. The zero-order chi connectivity index (χ0) is 20.3. The molecule has 1 N–H and O–H groups in total. The summed E-state index contributed by atoms with van der Waals surface area (Å²) in [7, 11) is 0. The molecule has 0 unspecified atom stereocenters. The van der Waals surface area contributed by atoms with Gasteiger partial charge in [0.1, 0.15) is 5.82 Å². The van der Waals surface area contributed by atoms with Crippen molar-refractivity contribution >= 4 is 17.7 Å². The van der Waals surface area contributed by atoms with Crippen LogP contribution < -0.4 is 10.1 Å². The van der Waals surface area contributed by atoms with Crippen molar-refractivity contribution in [3.8, 4) is 11.4 Å². The summed E-state index contributed by atoms with van der Waals surface area (Å²) in [4.78, 5) is 11.9. The van der Waals surface area contributed by atoms with Gasteiger partial charge >= 0.3 is 12.3 Å². The third kappa shape index (κ3) is 4.42. The fourth-order valence-electron chi connectivity index (χ4n) is 2.39. The molecule has 1 amide bonds. The van der Waals surface area contributed by atoms with E-state index in [1.54, 1.807) is 24.3 Å². The van der Waals surface area contributed by atoms with E-state index in [1.807, 2.05) is 0 Å². The van der Waals surface area contributed by atoms with Crippen LogP contribution >= 0.6 is 11.6 Å². The summed E-state index contributed by atoms with van der Waals surface area (Å²) in [6, 6.07) is 10.9. The molecule has 0 aliphatic rings. The van der Waals surface area contributed by atoms with Crippen LogP contribution in [0.25, 0.3) is 5.69 Å². The van der Waals surface area contributed by atoms with E-state index in [2.05, 4.69) is 10.4 Å². The number of carbonyl (C=O) groups is 1. The summed E-state index contributed by atoms with van der Waals surface area (Å²) < 4.78 is 58.8. The molecule has 1 aromatic heterocycles. The van der Waals surface area contributed by atoms with Gasteiger partial charge < -0.3 is 10.1 Å². The number of alkyl halides is 3. The smallest absolute Gasteiger partial charge is 0.406 e. The molecule has 1 heterocycles. The number of hydrogen-bond donors (Lipinski definition) is 1. The van der Waals surface area contributed by atoms with Crippen molar-refractivity contribution in [2.45, 2.75) is 12.7 Å². The normalized spacial score (nSPS) is 11.3. The number of benzene rings is 2. The van der Waals surface area contributed by atoms with Gasteiger partial charge in [0.2, 0.25) is 0 Å². The second-order valence-corrected chi connectivity index (χ2v) is 5.99. The van der Waals surface area contributed by atoms with Gasteiger partial charge in [0.15, 0.2) is 11.4 Å². The number of ether oxygens (including phenoxy) is 1. The lowest BCUT2D eigenvalue weighted by Crippen LogP contribution is -2.27. The molecule has 3 aromatic rings. The van der Waals surface area contributed by atoms with Gasteiger partial charge in [-0.25, -0.2) is 13.9 Å². The molecular formula is C18H12ClF4N3O2. The summed E-state index contributed by atoms with van der Waals surface area (Å²) in [5, 5.41) is 6.33. The first kappa shape index (κ1) is 19.7. The number of nitrogens with one attached hydrogen (secondary N) is 1. The van der Waals surface area contributed by atoms with E-state index in [-0.39, 0.29) is 12.2 Å². The Balaban J connectivity index is 1.81. The van der Waals surface area contributed by atoms with Crippen LogP contribution in [-0.4, -0.2) is 15.9 Å². The number of rotatable bonds is 4. The molecule has 0 bridgehead atoms. The van der Waals surface area contributed by atoms with E-state index in [9.17, 15) is 22.4 Å². The largest absolute Gasteiger partial charge is 0.437 e. The molecule has 10 heteroatoms. The number of nitrogens with zero attached hydrogens (tertiary/aromatic N) is 2. The Morgan fingerprint density at radius 2 is 1.82 bits per heavy atom. The van der Waals surface area contributed by atoms with Gasteiger partial charge in [-0.05, 0) is 35.9 Å². The molecule has 0 atom stereocenters. The lowest BCUT2D eigenvalue weighted by molar-refractivity contribution is -0.143. The summed E-state index contributed by atoms with van der Waals surface area (Å²) in [5.74, 6) is -1.40. The molecule has 0 aliphatic heterocycles. The lowest BCUT2D eigenvalue weighted by atomic mass is 10.2. The van der Waals surface area contributed by atoms with Crippen LogP contribution in [0.4, 0.5) is 22.4 Å². The molecule has 0 aliphatic carbocycles. The van der Waals surface area contributed by atoms with E-state index < -0.39 is 29.5 Å². The van der Waals surface area contributed by atoms with Gasteiger partial charge in [0.25, 0.3) is 0 Å². The average Bonchev–Trinajstić information content (AvgIpc) is 3.05. The van der Waals surface area contributed by atoms with Crippen LogP contribution in [0.15, 0.2) is 54.7 Å². The molecule has 5 nitrogen and oxygen atoms in total. The minimum Gasteiger partial charge on any atom is -0.406 e. The molecule has 0 saturated heterocycles. The van der Waals surface area contributed by atoms with E-state index in [1.165, 1.54) is 0 Å². The Bertz CT molecular complexity index is 987. The third-order valence-electron chi connectivity index (χ3n) is 3.66. The highest BCUT2D eigenvalue weighted by Gasteiger charge is 2.40. The van der Waals surface area contributed by atoms with Crippen molar-refractivity contribution in [3.05, 3.63) is 76.8 Å². The van der Waals surface area contributed by atoms with Crippen LogP contribution in [0.5, 0.6) is 5.75 Å². The topological polar surface area (TPSA) is 56.1 Å². The van der Waals surface area contributed by atoms with Crippen molar-refractivity contribution in [2.24, 2.45) is 0 Å². The highest BCUT2D eigenvalue weighted by atomic mass is 35.5. The fourth-order valence-corrected chi connectivity index (χ4v) is 2.59. The van der Waals surface area contributed by atoms with Gasteiger partial charge in [0.05, 0.1) is 11.9 Å². The van der Waals surface area contributed by atoms with Gasteiger partial charge in [-0.3, -0.25) is 0 Å². The molecule has 0 saturated carbocycles. The first-order valence-corrected chi connectivity index (χ1v) is 8.24. The molecule has 3 rings (SSSR count). The van der Waals surface area contributed by atoms with Crippen molar-refractivity contribution in [1.82, 2.24) is 15.1 Å². The SMILES string of the molecule is O=C(NCc1ccccc1Cl)Oc1cnn(-c2ccc(F)cc2)c1C(F)(F)F. The van der Waals surface area contributed by atoms with E-state index in [0.717, 1.165) is 30.5 Å². The maximum Gasteiger partial charge on any atom is 0.437 e. The summed E-state index contributed by atoms with van der Waals surface area (Å²) in [5.41, 5.74) is -0.772. The van der Waals surface area contributed by atoms with Crippen LogP contribution in [0, 0.1) is 5.82 Å². The Hall–Kier alpha value is -3.07. The Labute approximate surface area is 161 Å². The van der Waals surface area contributed by atoms with Crippen molar-refractivity contribution < 1.29 is 27.1 Å². The molecule has 146 valence electrons. The van der Waals surface area contributed by atoms with Crippen molar-refractivity contribution in [1.29, 1.82) is 0 Å². The maximum absolute atomic E-state index is 13.5. The highest BCUT2D eigenvalue weighted by Crippen LogP contribution is 2.37. The van der Waals surface area contributed by atoms with Crippen LogP contribution in [-0.2, 0) is 12.7 Å². The average molecular weight is 414 g/mol. The fraction of sp³-hybridized carbons (Fsp3) is 0.111. The van der Waals surface area contributed by atoms with Crippen molar-refractivity contribution in [3.63, 3.8) is 0 Å². The third-order valence-corrected chi connectivity index (χ3v) is 4.03. The van der Waals surface area contributed by atoms with Crippen LogP contribution in [0.3, 0.4) is 0 Å². The van der Waals surface area contributed by atoms with E-state index >= 15 is 0 Å². The summed E-state index contributed by atoms with van der Waals surface area (Å²) >= 11 is 5.95. The van der Waals surface area contributed by atoms with Crippen LogP contribution in [0.2, 0.25) is 5.02 Å². The number of aromatic nitrogens is 2. The predicted octanol–water partition coefficient (Wildman–Crippen LogP) is 4.97. The predicted molar refractivity (Wildman–Crippen MR) is 92.8 cm³/mol. The summed E-state index contributed by atoms with van der Waals surface area (Å²) in [6.07, 6.45) is -5.21. The number of hydrogen-bond acceptors (Lipinski definition) is 3. The number of carbonyl (C=O) groups excluding carboxylic acids is 1. The molecule has 0 radical (unpaired) electrons. The zero-order valence-corrected chi connectivity index (χ0v) is 14.8. The van der Waals surface area contributed by atoms with Gasteiger partial charge in [-0.1, -0.05) is 29.8 Å². The molecule has 28 heavy (non-hydrogen) atoms. The molecule has 0 fully saturated rings. The first-order chi connectivity index (χ1) is 13.3. The Morgan fingerprint density at radius 3 is 2.46 bits per heavy atom.